The van der Waals surface area contributed by atoms with Crippen LogP contribution in [0.25, 0.3) is 10.9 Å². The molecule has 0 amide bonds. The highest BCUT2D eigenvalue weighted by molar-refractivity contribution is 6.00. The lowest BCUT2D eigenvalue weighted by atomic mass is 10.1. The number of hydroxylamine groups is 1. The predicted octanol–water partition coefficient (Wildman–Crippen LogP) is 7.18. The maximum atomic E-state index is 14.6. The number of terminal acetylenes is 1. The van der Waals surface area contributed by atoms with Crippen LogP contribution in [0.5, 0.6) is 0 Å². The summed E-state index contributed by atoms with van der Waals surface area (Å²) in [5.74, 6) is -1.95. The number of aromatic nitrogens is 1. The van der Waals surface area contributed by atoms with Crippen LogP contribution < -0.4 is 15.8 Å². The zero-order chi connectivity index (χ0) is 32.8. The predicted molar refractivity (Wildman–Crippen MR) is 161 cm³/mol. The Kier molecular flexibility index (Phi) is 15.6. The van der Waals surface area contributed by atoms with E-state index in [1.807, 2.05) is 26.3 Å². The zero-order valence-electron chi connectivity index (χ0n) is 24.6. The zero-order valence-corrected chi connectivity index (χ0v) is 24.6. The molecule has 0 saturated carbocycles. The molecule has 228 valence electrons. The van der Waals surface area contributed by atoms with Crippen LogP contribution in [0.3, 0.4) is 0 Å². The van der Waals surface area contributed by atoms with E-state index in [9.17, 15) is 32.0 Å². The molecule has 3 rings (SSSR count). The van der Waals surface area contributed by atoms with E-state index in [0.29, 0.717) is 6.07 Å². The molecule has 0 saturated heterocycles. The number of aliphatic imine (C=N–C) groups is 1. The van der Waals surface area contributed by atoms with Crippen LogP contribution in [0.15, 0.2) is 71.1 Å². The van der Waals surface area contributed by atoms with Crippen LogP contribution in [-0.2, 0) is 12.7 Å². The van der Waals surface area contributed by atoms with E-state index in [1.165, 1.54) is 27.3 Å². The smallest absolute Gasteiger partial charge is 0.375 e. The number of hydrogen-bond donors (Lipinski definition) is 2. The molecule has 2 aromatic carbocycles. The van der Waals surface area contributed by atoms with Gasteiger partial charge < -0.3 is 9.47 Å². The van der Waals surface area contributed by atoms with Crippen molar-refractivity contribution in [3.63, 3.8) is 0 Å². The van der Waals surface area contributed by atoms with E-state index >= 15 is 0 Å². The summed E-state index contributed by atoms with van der Waals surface area (Å²) in [5.41, 5.74) is 1.41. The Bertz CT molecular complexity index is 1470. The van der Waals surface area contributed by atoms with E-state index in [0.717, 1.165) is 18.2 Å². The van der Waals surface area contributed by atoms with Crippen LogP contribution in [-0.4, -0.2) is 36.3 Å². The average Bonchev–Trinajstić information content (AvgIpc) is 2.90. The van der Waals surface area contributed by atoms with Gasteiger partial charge in [0.15, 0.2) is 11.3 Å². The Morgan fingerprint density at radius 3 is 2.12 bits per heavy atom. The summed E-state index contributed by atoms with van der Waals surface area (Å²) in [4.78, 5) is 18.5. The van der Waals surface area contributed by atoms with Crippen LogP contribution in [0.2, 0.25) is 0 Å². The van der Waals surface area contributed by atoms with Crippen LogP contribution in [0.1, 0.15) is 44.4 Å². The molecule has 0 fully saturated rings. The van der Waals surface area contributed by atoms with Crippen LogP contribution in [0, 0.1) is 24.5 Å². The number of hydrogen-bond acceptors (Lipinski definition) is 4. The standard InChI is InChI=1S/C22H21F5N4O2.C4H8.C3H6.C2H2/c1-4-28-21(29-33)15-11-31(10-12-5-6-13(7-16(12)23)22(25,26)27)18-9-19(30(2)3)17(24)8-14(18)20(15)32;1-4(2)3;1-3-2;1-2/h5-9,11,33H,4,10H2,1-3H3,(H,28,29);1H2,2-3H3;3H,1H2,2H3;1-2H. The van der Waals surface area contributed by atoms with Crippen molar-refractivity contribution in [1.29, 1.82) is 0 Å². The second-order valence-corrected chi connectivity index (χ2v) is 9.07. The number of nitrogens with zero attached hydrogens (tertiary/aromatic N) is 3. The molecule has 0 bridgehead atoms. The van der Waals surface area contributed by atoms with E-state index in [2.05, 4.69) is 31.0 Å². The van der Waals surface area contributed by atoms with E-state index in [4.69, 9.17) is 0 Å². The van der Waals surface area contributed by atoms with Gasteiger partial charge in [0.2, 0.25) is 0 Å². The highest BCUT2D eigenvalue weighted by Crippen LogP contribution is 2.31. The van der Waals surface area contributed by atoms with Crippen molar-refractivity contribution < 1.29 is 27.2 Å². The normalized spacial score (nSPS) is 10.7. The molecule has 0 radical (unpaired) electrons. The first kappa shape index (κ1) is 37.6. The highest BCUT2D eigenvalue weighted by atomic mass is 19.4. The maximum Gasteiger partial charge on any atom is 0.416 e. The van der Waals surface area contributed by atoms with Crippen molar-refractivity contribution in [2.45, 2.75) is 40.4 Å². The van der Waals surface area contributed by atoms with Crippen molar-refractivity contribution in [3.8, 4) is 12.8 Å². The fraction of sp³-hybridized carbons (Fsp3) is 0.290. The molecule has 0 aliphatic rings. The number of rotatable bonds is 5. The second kappa shape index (κ2) is 17.4. The molecule has 3 aromatic rings. The monoisotopic (exact) mass is 592 g/mol. The van der Waals surface area contributed by atoms with E-state index in [1.54, 1.807) is 27.1 Å². The fourth-order valence-corrected chi connectivity index (χ4v) is 3.42. The number of halogens is 5. The molecule has 1 heterocycles. The number of fused-ring (bicyclic) bond motifs is 1. The first-order chi connectivity index (χ1) is 19.6. The number of amidine groups is 1. The number of pyridine rings is 1. The molecule has 0 aliphatic heterocycles. The van der Waals surface area contributed by atoms with Gasteiger partial charge in [0.05, 0.1) is 28.9 Å². The molecule has 42 heavy (non-hydrogen) atoms. The van der Waals surface area contributed by atoms with Gasteiger partial charge in [-0.25, -0.2) is 8.78 Å². The quantitative estimate of drug-likeness (QED) is 0.0823. The molecule has 0 atom stereocenters. The van der Waals surface area contributed by atoms with E-state index < -0.39 is 28.8 Å². The summed E-state index contributed by atoms with van der Waals surface area (Å²) in [6.07, 6.45) is 6.34. The number of alkyl halides is 3. The van der Waals surface area contributed by atoms with Gasteiger partial charge in [0, 0.05) is 37.8 Å². The van der Waals surface area contributed by atoms with E-state index in [-0.39, 0.29) is 46.6 Å². The topological polar surface area (TPSA) is 69.9 Å². The third-order valence-electron chi connectivity index (χ3n) is 5.03. The van der Waals surface area contributed by atoms with Gasteiger partial charge in [0.1, 0.15) is 11.6 Å². The Labute approximate surface area is 243 Å². The number of anilines is 1. The summed E-state index contributed by atoms with van der Waals surface area (Å²) < 4.78 is 69.3. The van der Waals surface area contributed by atoms with Gasteiger partial charge in [-0.1, -0.05) is 17.7 Å². The molecule has 1 aromatic heterocycles. The molecular weight excluding hydrogens is 555 g/mol. The average molecular weight is 593 g/mol. The van der Waals surface area contributed by atoms with Crippen LogP contribution >= 0.6 is 0 Å². The minimum atomic E-state index is -4.70. The molecule has 11 heteroatoms. The SMILES string of the molecule is C#C.C=C(C)C.C=CC.CCN=C(NO)c1cn(Cc2ccc(C(F)(F)F)cc2F)c2cc(N(C)C)c(F)cc2c1=O. The third-order valence-corrected chi connectivity index (χ3v) is 5.03. The third kappa shape index (κ3) is 10.5. The molecule has 0 unspecified atom stereocenters. The summed E-state index contributed by atoms with van der Waals surface area (Å²) in [5, 5.41) is 9.37. The van der Waals surface area contributed by atoms with Crippen molar-refractivity contribution >= 4 is 22.4 Å². The lowest BCUT2D eigenvalue weighted by molar-refractivity contribution is -0.137. The van der Waals surface area contributed by atoms with Crippen LogP contribution in [0.4, 0.5) is 27.6 Å². The summed E-state index contributed by atoms with van der Waals surface area (Å²) >= 11 is 0. The van der Waals surface area contributed by atoms with Gasteiger partial charge in [-0.2, -0.15) is 13.2 Å². The van der Waals surface area contributed by atoms with Crippen molar-refractivity contribution in [3.05, 3.63) is 99.9 Å². The lowest BCUT2D eigenvalue weighted by Gasteiger charge is -2.19. The Hall–Kier alpha value is -4.43. The Morgan fingerprint density at radius 1 is 1.14 bits per heavy atom. The number of allylic oxidation sites excluding steroid dienone is 2. The fourth-order valence-electron chi connectivity index (χ4n) is 3.42. The second-order valence-electron chi connectivity index (χ2n) is 9.07. The van der Waals surface area contributed by atoms with Gasteiger partial charge >= 0.3 is 6.18 Å². The molecule has 0 aliphatic carbocycles. The first-order valence-corrected chi connectivity index (χ1v) is 12.5. The van der Waals surface area contributed by atoms with Gasteiger partial charge in [-0.05, 0) is 52.0 Å². The number of benzene rings is 2. The summed E-state index contributed by atoms with van der Waals surface area (Å²) in [6.45, 7) is 14.4. The minimum Gasteiger partial charge on any atom is -0.375 e. The largest absolute Gasteiger partial charge is 0.416 e. The molecular formula is C31H37F5N4O2. The molecule has 2 N–H and O–H groups in total. The minimum absolute atomic E-state index is 0.0676. The summed E-state index contributed by atoms with van der Waals surface area (Å²) in [6, 6.07) is 4.57. The highest BCUT2D eigenvalue weighted by Gasteiger charge is 2.31. The molecule has 0 spiro atoms. The molecule has 6 nitrogen and oxygen atoms in total. The van der Waals surface area contributed by atoms with Gasteiger partial charge in [0.25, 0.3) is 0 Å². The van der Waals surface area contributed by atoms with Crippen molar-refractivity contribution in [2.24, 2.45) is 4.99 Å². The lowest BCUT2D eigenvalue weighted by Crippen LogP contribution is -2.29. The van der Waals surface area contributed by atoms with Crippen molar-refractivity contribution in [2.75, 3.05) is 25.5 Å². The van der Waals surface area contributed by atoms with Gasteiger partial charge in [-0.15, -0.1) is 26.0 Å². The number of nitrogens with one attached hydrogen (secondary N) is 1. The Balaban J connectivity index is 0.00000166. The summed E-state index contributed by atoms with van der Waals surface area (Å²) in [7, 11) is 3.19. The van der Waals surface area contributed by atoms with Gasteiger partial charge in [-0.3, -0.25) is 20.5 Å². The van der Waals surface area contributed by atoms with Crippen molar-refractivity contribution in [1.82, 2.24) is 10.0 Å². The first-order valence-electron chi connectivity index (χ1n) is 12.5. The Morgan fingerprint density at radius 2 is 1.69 bits per heavy atom. The maximum absolute atomic E-state index is 14.6.